The van der Waals surface area contributed by atoms with Gasteiger partial charge in [-0.1, -0.05) is 31.9 Å². The Balaban J connectivity index is 3.24. The van der Waals surface area contributed by atoms with E-state index < -0.39 is 0 Å². The summed E-state index contributed by atoms with van der Waals surface area (Å²) in [5.41, 5.74) is 3.56. The summed E-state index contributed by atoms with van der Waals surface area (Å²) >= 11 is 0. The molecule has 0 aliphatic carbocycles. The van der Waals surface area contributed by atoms with Crippen molar-refractivity contribution in [3.05, 3.63) is 34.9 Å². The maximum Gasteiger partial charge on any atom is 0.0356 e. The van der Waals surface area contributed by atoms with Crippen LogP contribution in [0.5, 0.6) is 0 Å². The van der Waals surface area contributed by atoms with Crippen LogP contribution in [0.1, 0.15) is 30.5 Å². The molecule has 0 fully saturated rings. The van der Waals surface area contributed by atoms with Gasteiger partial charge in [0.25, 0.3) is 0 Å². The van der Waals surface area contributed by atoms with E-state index in [1.165, 1.54) is 11.1 Å². The van der Waals surface area contributed by atoms with Crippen LogP contribution < -0.4 is 0 Å². The van der Waals surface area contributed by atoms with Crippen LogP contribution in [-0.2, 0) is 12.8 Å². The van der Waals surface area contributed by atoms with Crippen molar-refractivity contribution in [1.82, 2.24) is 0 Å². The lowest BCUT2D eigenvalue weighted by Gasteiger charge is -2.06. The van der Waals surface area contributed by atoms with Gasteiger partial charge in [-0.25, -0.2) is 0 Å². The summed E-state index contributed by atoms with van der Waals surface area (Å²) in [5.74, 6) is 2.67. The van der Waals surface area contributed by atoms with Crippen LogP contribution >= 0.6 is 0 Å². The van der Waals surface area contributed by atoms with Crippen molar-refractivity contribution >= 4 is 0 Å². The van der Waals surface area contributed by atoms with Crippen LogP contribution in [0, 0.1) is 18.4 Å². The maximum atomic E-state index is 5.37. The highest BCUT2D eigenvalue weighted by Gasteiger charge is 2.02. The zero-order valence-corrected chi connectivity index (χ0v) is 7.65. The Bertz CT molecular complexity index is 302. The molecule has 1 aromatic carbocycles. The highest BCUT2D eigenvalue weighted by molar-refractivity contribution is 5.43. The predicted molar refractivity (Wildman–Crippen MR) is 52.0 cm³/mol. The van der Waals surface area contributed by atoms with Gasteiger partial charge in [0.15, 0.2) is 0 Å². The quantitative estimate of drug-likeness (QED) is 0.579. The van der Waals surface area contributed by atoms with Crippen molar-refractivity contribution in [3.8, 4) is 12.3 Å². The molecule has 0 aromatic heterocycles. The zero-order chi connectivity index (χ0) is 8.97. The van der Waals surface area contributed by atoms with Gasteiger partial charge in [0.2, 0.25) is 0 Å². The molecule has 61 valence electrons. The molecule has 1 rings (SSSR count). The van der Waals surface area contributed by atoms with Gasteiger partial charge in [-0.15, -0.1) is 6.42 Å². The van der Waals surface area contributed by atoms with Gasteiger partial charge in [-0.05, 0) is 30.0 Å². The van der Waals surface area contributed by atoms with Crippen molar-refractivity contribution in [1.29, 1.82) is 0 Å². The molecule has 1 aromatic rings. The van der Waals surface area contributed by atoms with Crippen LogP contribution in [0.4, 0.5) is 0 Å². The number of hydrogen-bond acceptors (Lipinski definition) is 0. The zero-order valence-electron chi connectivity index (χ0n) is 7.65. The van der Waals surface area contributed by atoms with Crippen LogP contribution in [0.25, 0.3) is 0 Å². The van der Waals surface area contributed by atoms with Crippen LogP contribution in [0.15, 0.2) is 12.1 Å². The van der Waals surface area contributed by atoms with E-state index in [2.05, 4.69) is 31.9 Å². The van der Waals surface area contributed by atoms with Gasteiger partial charge in [0, 0.05) is 5.56 Å². The fraction of sp³-hybridized carbons (Fsp3) is 0.333. The number of hydrogen-bond donors (Lipinski definition) is 0. The minimum Gasteiger partial charge on any atom is -0.115 e. The molecule has 0 aliphatic rings. The third-order valence-corrected chi connectivity index (χ3v) is 2.08. The van der Waals surface area contributed by atoms with E-state index >= 15 is 0 Å². The van der Waals surface area contributed by atoms with E-state index in [1.54, 1.807) is 0 Å². The molecule has 0 atom stereocenters. The van der Waals surface area contributed by atoms with Gasteiger partial charge in [0.05, 0.1) is 0 Å². The van der Waals surface area contributed by atoms with E-state index in [-0.39, 0.29) is 0 Å². The smallest absolute Gasteiger partial charge is 0.0356 e. The molecule has 0 heterocycles. The lowest BCUT2D eigenvalue weighted by atomic mass is 9.98. The molecular weight excluding hydrogens is 144 g/mol. The first kappa shape index (κ1) is 8.87. The SMILES string of the molecule is C#Cc1[c]ccc(CC)c1CC. The molecule has 0 N–H and O–H groups in total. The third kappa shape index (κ3) is 1.51. The third-order valence-electron chi connectivity index (χ3n) is 2.08. The average Bonchev–Trinajstić information content (AvgIpc) is 2.16. The summed E-state index contributed by atoms with van der Waals surface area (Å²) < 4.78 is 0. The monoisotopic (exact) mass is 157 g/mol. The van der Waals surface area contributed by atoms with E-state index in [9.17, 15) is 0 Å². The van der Waals surface area contributed by atoms with Gasteiger partial charge in [0.1, 0.15) is 0 Å². The Morgan fingerprint density at radius 3 is 2.67 bits per heavy atom. The summed E-state index contributed by atoms with van der Waals surface area (Å²) in [7, 11) is 0. The lowest BCUT2D eigenvalue weighted by molar-refractivity contribution is 1.03. The van der Waals surface area contributed by atoms with Crippen molar-refractivity contribution < 1.29 is 0 Å². The lowest BCUT2D eigenvalue weighted by Crippen LogP contribution is -1.94. The second-order valence-corrected chi connectivity index (χ2v) is 2.71. The minimum atomic E-state index is 0.928. The van der Waals surface area contributed by atoms with E-state index in [0.717, 1.165) is 18.4 Å². The Labute approximate surface area is 74.6 Å². The largest absolute Gasteiger partial charge is 0.115 e. The Hall–Kier alpha value is -1.22. The standard InChI is InChI=1S/C12H13/c1-4-10-8-7-9-11(5-2)12(10)6-3/h1,7,9H,5-6H2,2-3H3. The molecule has 0 heteroatoms. The van der Waals surface area contributed by atoms with Crippen LogP contribution in [0.2, 0.25) is 0 Å². The molecule has 0 aliphatic heterocycles. The summed E-state index contributed by atoms with van der Waals surface area (Å²) in [5, 5.41) is 0. The van der Waals surface area contributed by atoms with E-state index in [0.29, 0.717) is 0 Å². The number of aryl methyl sites for hydroxylation is 1. The van der Waals surface area contributed by atoms with Crippen LogP contribution in [-0.4, -0.2) is 0 Å². The maximum absolute atomic E-state index is 5.37. The van der Waals surface area contributed by atoms with Crippen molar-refractivity contribution in [2.45, 2.75) is 26.7 Å². The van der Waals surface area contributed by atoms with Crippen molar-refractivity contribution in [3.63, 3.8) is 0 Å². The fourth-order valence-corrected chi connectivity index (χ4v) is 1.44. The first-order valence-electron chi connectivity index (χ1n) is 4.32. The normalized spacial score (nSPS) is 9.42. The first-order chi connectivity index (χ1) is 5.83. The molecule has 0 spiro atoms. The van der Waals surface area contributed by atoms with Crippen molar-refractivity contribution in [2.75, 3.05) is 0 Å². The Morgan fingerprint density at radius 1 is 1.42 bits per heavy atom. The molecule has 0 unspecified atom stereocenters. The number of rotatable bonds is 2. The number of terminal acetylenes is 1. The van der Waals surface area contributed by atoms with Gasteiger partial charge < -0.3 is 0 Å². The molecule has 0 bridgehead atoms. The number of benzene rings is 1. The highest BCUT2D eigenvalue weighted by atomic mass is 14.1. The predicted octanol–water partition coefficient (Wildman–Crippen LogP) is 2.59. The Morgan fingerprint density at radius 2 is 2.17 bits per heavy atom. The molecule has 1 radical (unpaired) electrons. The molecule has 0 amide bonds. The second kappa shape index (κ2) is 3.97. The van der Waals surface area contributed by atoms with E-state index in [1.807, 2.05) is 6.07 Å². The summed E-state index contributed by atoms with van der Waals surface area (Å²) in [4.78, 5) is 0. The summed E-state index contributed by atoms with van der Waals surface area (Å²) in [6.07, 6.45) is 7.42. The van der Waals surface area contributed by atoms with Crippen molar-refractivity contribution in [2.24, 2.45) is 0 Å². The first-order valence-corrected chi connectivity index (χ1v) is 4.32. The van der Waals surface area contributed by atoms with Gasteiger partial charge in [-0.2, -0.15) is 0 Å². The highest BCUT2D eigenvalue weighted by Crippen LogP contribution is 2.14. The van der Waals surface area contributed by atoms with Crippen LogP contribution in [0.3, 0.4) is 0 Å². The molecule has 0 saturated carbocycles. The molecule has 0 saturated heterocycles. The second-order valence-electron chi connectivity index (χ2n) is 2.71. The fourth-order valence-electron chi connectivity index (χ4n) is 1.44. The minimum absolute atomic E-state index is 0.928. The molecule has 0 nitrogen and oxygen atoms in total. The molecule has 12 heavy (non-hydrogen) atoms. The van der Waals surface area contributed by atoms with Gasteiger partial charge in [-0.3, -0.25) is 0 Å². The van der Waals surface area contributed by atoms with E-state index in [4.69, 9.17) is 6.42 Å². The summed E-state index contributed by atoms with van der Waals surface area (Å²) in [6, 6.07) is 7.08. The summed E-state index contributed by atoms with van der Waals surface area (Å²) in [6.45, 7) is 4.28. The topological polar surface area (TPSA) is 0 Å². The van der Waals surface area contributed by atoms with Gasteiger partial charge >= 0.3 is 0 Å². The average molecular weight is 157 g/mol. The molecular formula is C12H13. The Kier molecular flexibility index (Phi) is 2.94.